The minimum absolute atomic E-state index is 0.160. The van der Waals surface area contributed by atoms with Crippen molar-refractivity contribution >= 4 is 52.1 Å². The van der Waals surface area contributed by atoms with Crippen molar-refractivity contribution < 1.29 is 14.8 Å². The number of anilines is 3. The van der Waals surface area contributed by atoms with Crippen LogP contribution in [0.1, 0.15) is 13.3 Å². The number of aryl methyl sites for hydroxylation is 1. The number of nitrogens with two attached hydrogens (primary N) is 2. The van der Waals surface area contributed by atoms with E-state index in [1.54, 1.807) is 31.3 Å². The van der Waals surface area contributed by atoms with Gasteiger partial charge in [-0.3, -0.25) is 14.9 Å². The molecule has 13 heteroatoms. The zero-order valence-electron chi connectivity index (χ0n) is 18.8. The summed E-state index contributed by atoms with van der Waals surface area (Å²) in [5.74, 6) is -0.324. The number of aromatic nitrogens is 2. The summed E-state index contributed by atoms with van der Waals surface area (Å²) in [6.07, 6.45) is 3.34. The maximum absolute atomic E-state index is 11.6. The third-order valence-electron chi connectivity index (χ3n) is 5.17. The zero-order valence-corrected chi connectivity index (χ0v) is 20.3. The average molecular weight is 522 g/mol. The minimum Gasteiger partial charge on any atom is -0.378 e. The van der Waals surface area contributed by atoms with Gasteiger partial charge < -0.3 is 31.4 Å². The van der Waals surface area contributed by atoms with Crippen molar-refractivity contribution in [1.29, 1.82) is 0 Å². The van der Waals surface area contributed by atoms with Gasteiger partial charge in [0, 0.05) is 47.7 Å². The molecule has 35 heavy (non-hydrogen) atoms. The lowest BCUT2D eigenvalue weighted by atomic mass is 10.1. The van der Waals surface area contributed by atoms with Gasteiger partial charge in [-0.15, -0.1) is 0 Å². The standard InChI is InChI=1S/C22H25Cl2N7O4/c1-13(32)30(12-20(25)33)19-11-29(10-16(19)15-4-3-14(23)9-17(15)24)8-2-7-27-21-6-5-18(31(34)35)22(26)28-21/h3-6,9-11,13,32H,2,7-8,12H2,1H3,(H2,25,33)(H3,26,27,28). The Morgan fingerprint density at radius 3 is 2.63 bits per heavy atom. The Hall–Kier alpha value is -3.54. The molecule has 0 aliphatic carbocycles. The summed E-state index contributed by atoms with van der Waals surface area (Å²) in [5.41, 5.74) is 12.7. The molecule has 1 atom stereocenters. The van der Waals surface area contributed by atoms with Gasteiger partial charge in [0.05, 0.1) is 22.2 Å². The quantitative estimate of drug-likeness (QED) is 0.129. The summed E-state index contributed by atoms with van der Waals surface area (Å²) in [7, 11) is 0. The number of nitrogens with one attached hydrogen (secondary N) is 1. The smallest absolute Gasteiger partial charge is 0.311 e. The molecule has 3 aromatic rings. The van der Waals surface area contributed by atoms with Crippen LogP contribution in [0, 0.1) is 10.1 Å². The summed E-state index contributed by atoms with van der Waals surface area (Å²) in [4.78, 5) is 27.4. The number of carbonyl (C=O) groups is 1. The molecule has 0 aliphatic rings. The zero-order chi connectivity index (χ0) is 25.7. The third kappa shape index (κ3) is 6.53. The van der Waals surface area contributed by atoms with Crippen LogP contribution in [0.25, 0.3) is 11.1 Å². The van der Waals surface area contributed by atoms with Gasteiger partial charge in [-0.05, 0) is 31.5 Å². The van der Waals surface area contributed by atoms with Gasteiger partial charge in [0.2, 0.25) is 11.7 Å². The molecule has 3 rings (SSSR count). The molecule has 0 saturated heterocycles. The Morgan fingerprint density at radius 2 is 2.03 bits per heavy atom. The predicted octanol–water partition coefficient (Wildman–Crippen LogP) is 3.48. The highest BCUT2D eigenvalue weighted by atomic mass is 35.5. The third-order valence-corrected chi connectivity index (χ3v) is 5.71. The van der Waals surface area contributed by atoms with Gasteiger partial charge in [0.25, 0.3) is 0 Å². The van der Waals surface area contributed by atoms with Crippen molar-refractivity contribution in [3.05, 3.63) is 62.9 Å². The fraction of sp³-hybridized carbons (Fsp3) is 0.273. The van der Waals surface area contributed by atoms with Crippen LogP contribution in [0.15, 0.2) is 42.7 Å². The van der Waals surface area contributed by atoms with E-state index in [2.05, 4.69) is 10.3 Å². The van der Waals surface area contributed by atoms with Crippen LogP contribution in [0.3, 0.4) is 0 Å². The van der Waals surface area contributed by atoms with E-state index in [4.69, 9.17) is 34.7 Å². The highest BCUT2D eigenvalue weighted by molar-refractivity contribution is 6.36. The molecule has 0 spiro atoms. The van der Waals surface area contributed by atoms with Crippen LogP contribution in [-0.2, 0) is 11.3 Å². The van der Waals surface area contributed by atoms with Crippen molar-refractivity contribution in [2.45, 2.75) is 26.1 Å². The number of primary amides is 1. The summed E-state index contributed by atoms with van der Waals surface area (Å²) in [5, 5.41) is 25.2. The highest BCUT2D eigenvalue weighted by Gasteiger charge is 2.22. The summed E-state index contributed by atoms with van der Waals surface area (Å²) >= 11 is 12.5. The van der Waals surface area contributed by atoms with E-state index in [9.17, 15) is 20.0 Å². The van der Waals surface area contributed by atoms with Gasteiger partial charge in [0.1, 0.15) is 12.0 Å². The van der Waals surface area contributed by atoms with Gasteiger partial charge in [-0.2, -0.15) is 0 Å². The Labute approximate surface area is 211 Å². The summed E-state index contributed by atoms with van der Waals surface area (Å²) < 4.78 is 1.91. The van der Waals surface area contributed by atoms with Crippen LogP contribution in [0.5, 0.6) is 0 Å². The van der Waals surface area contributed by atoms with Gasteiger partial charge in [0.15, 0.2) is 0 Å². The predicted molar refractivity (Wildman–Crippen MR) is 137 cm³/mol. The van der Waals surface area contributed by atoms with Crippen LogP contribution < -0.4 is 21.7 Å². The van der Waals surface area contributed by atoms with Gasteiger partial charge in [-0.25, -0.2) is 4.98 Å². The lowest BCUT2D eigenvalue weighted by Crippen LogP contribution is -2.40. The van der Waals surface area contributed by atoms with Gasteiger partial charge >= 0.3 is 5.69 Å². The Bertz CT molecular complexity index is 1230. The van der Waals surface area contributed by atoms with Crippen molar-refractivity contribution in [3.8, 4) is 11.1 Å². The monoisotopic (exact) mass is 521 g/mol. The number of halogens is 2. The summed E-state index contributed by atoms with van der Waals surface area (Å²) in [6.45, 7) is 2.43. The fourth-order valence-electron chi connectivity index (χ4n) is 3.55. The number of rotatable bonds is 11. The first-order chi connectivity index (χ1) is 16.6. The van der Waals surface area contributed by atoms with E-state index in [1.807, 2.05) is 10.8 Å². The van der Waals surface area contributed by atoms with E-state index in [-0.39, 0.29) is 18.1 Å². The number of nitrogen functional groups attached to an aromatic ring is 1. The summed E-state index contributed by atoms with van der Waals surface area (Å²) in [6, 6.07) is 7.89. The molecule has 0 saturated carbocycles. The van der Waals surface area contributed by atoms with Crippen LogP contribution in [0.4, 0.5) is 23.0 Å². The second-order valence-corrected chi connectivity index (χ2v) is 8.63. The molecule has 2 aromatic heterocycles. The van der Waals surface area contributed by atoms with Crippen molar-refractivity contribution in [2.24, 2.45) is 5.73 Å². The van der Waals surface area contributed by atoms with Gasteiger partial charge in [-0.1, -0.05) is 29.3 Å². The van der Waals surface area contributed by atoms with Crippen molar-refractivity contribution in [2.75, 3.05) is 29.0 Å². The minimum atomic E-state index is -0.983. The molecular weight excluding hydrogens is 497 g/mol. The SMILES string of the molecule is CC(O)N(CC(N)=O)c1cn(CCCNc2ccc([N+](=O)[O-])c(N)n2)cc1-c1ccc(Cl)cc1Cl. The molecule has 0 fully saturated rings. The van der Waals surface area contributed by atoms with E-state index < -0.39 is 17.1 Å². The van der Waals surface area contributed by atoms with Crippen molar-refractivity contribution in [1.82, 2.24) is 9.55 Å². The number of pyridine rings is 1. The number of nitro groups is 1. The Kier molecular flexibility index (Phi) is 8.39. The number of benzene rings is 1. The maximum atomic E-state index is 11.6. The van der Waals surface area contributed by atoms with Crippen LogP contribution in [-0.4, -0.2) is 44.8 Å². The molecule has 1 aromatic carbocycles. The first-order valence-corrected chi connectivity index (χ1v) is 11.4. The second-order valence-electron chi connectivity index (χ2n) is 7.78. The van der Waals surface area contributed by atoms with E-state index in [1.165, 1.54) is 17.0 Å². The average Bonchev–Trinajstić information content (AvgIpc) is 3.18. The Balaban J connectivity index is 1.79. The van der Waals surface area contributed by atoms with E-state index in [0.717, 1.165) is 0 Å². The number of nitrogens with zero attached hydrogens (tertiary/aromatic N) is 4. The fourth-order valence-corrected chi connectivity index (χ4v) is 4.06. The van der Waals surface area contributed by atoms with Crippen LogP contribution in [0.2, 0.25) is 10.0 Å². The first kappa shape index (κ1) is 26.1. The molecule has 0 radical (unpaired) electrons. The van der Waals surface area contributed by atoms with Crippen LogP contribution >= 0.6 is 23.2 Å². The largest absolute Gasteiger partial charge is 0.378 e. The lowest BCUT2D eigenvalue weighted by molar-refractivity contribution is -0.384. The molecule has 6 N–H and O–H groups in total. The number of amides is 1. The van der Waals surface area contributed by atoms with E-state index >= 15 is 0 Å². The normalized spacial score (nSPS) is 11.8. The first-order valence-electron chi connectivity index (χ1n) is 10.6. The maximum Gasteiger partial charge on any atom is 0.311 e. The highest BCUT2D eigenvalue weighted by Crippen LogP contribution is 2.38. The lowest BCUT2D eigenvalue weighted by Gasteiger charge is -2.26. The number of aliphatic hydroxyl groups excluding tert-OH is 1. The molecular formula is C22H25Cl2N7O4. The number of hydrogen-bond acceptors (Lipinski definition) is 8. The topological polar surface area (TPSA) is 166 Å². The molecule has 186 valence electrons. The second kappa shape index (κ2) is 11.3. The number of aliphatic hydroxyl groups is 1. The van der Waals surface area contributed by atoms with E-state index in [0.29, 0.717) is 52.2 Å². The number of hydrogen-bond donors (Lipinski definition) is 4. The molecule has 1 unspecified atom stereocenters. The molecule has 2 heterocycles. The molecule has 0 aliphatic heterocycles. The Morgan fingerprint density at radius 1 is 1.29 bits per heavy atom. The molecule has 0 bridgehead atoms. The number of carbonyl (C=O) groups excluding carboxylic acids is 1. The molecule has 1 amide bonds. The molecule has 11 nitrogen and oxygen atoms in total. The van der Waals surface area contributed by atoms with Crippen molar-refractivity contribution in [3.63, 3.8) is 0 Å².